The standard InChI is InChI=1S/C13H19N3O4/c1-3-4-5-16(6-7-20-2)12(17)10-8-15-11(9-14-10)13(18)19/h8-9H,3-7H2,1-2H3,(H,18,19). The van der Waals surface area contributed by atoms with Crippen LogP contribution >= 0.6 is 0 Å². The van der Waals surface area contributed by atoms with E-state index in [4.69, 9.17) is 9.84 Å². The first-order chi connectivity index (χ1) is 9.60. The van der Waals surface area contributed by atoms with Crippen molar-refractivity contribution in [3.8, 4) is 0 Å². The maximum absolute atomic E-state index is 12.3. The molecule has 1 aromatic heterocycles. The molecule has 0 aliphatic rings. The zero-order chi connectivity index (χ0) is 15.0. The number of carbonyl (C=O) groups is 2. The minimum Gasteiger partial charge on any atom is -0.476 e. The molecule has 0 atom stereocenters. The van der Waals surface area contributed by atoms with Crippen molar-refractivity contribution in [2.75, 3.05) is 26.8 Å². The molecule has 0 spiro atoms. The van der Waals surface area contributed by atoms with Gasteiger partial charge >= 0.3 is 5.97 Å². The second-order valence-electron chi connectivity index (χ2n) is 4.23. The van der Waals surface area contributed by atoms with E-state index in [0.717, 1.165) is 19.0 Å². The lowest BCUT2D eigenvalue weighted by Gasteiger charge is -2.21. The summed E-state index contributed by atoms with van der Waals surface area (Å²) in [5, 5.41) is 8.74. The van der Waals surface area contributed by atoms with Crippen molar-refractivity contribution in [2.24, 2.45) is 0 Å². The predicted octanol–water partition coefficient (Wildman–Crippen LogP) is 1.06. The Morgan fingerprint density at radius 1 is 1.25 bits per heavy atom. The van der Waals surface area contributed by atoms with Crippen LogP contribution in [0.15, 0.2) is 12.4 Å². The molecule has 1 N–H and O–H groups in total. The van der Waals surface area contributed by atoms with Crippen molar-refractivity contribution < 1.29 is 19.4 Å². The Labute approximate surface area is 117 Å². The van der Waals surface area contributed by atoms with E-state index in [1.807, 2.05) is 6.92 Å². The predicted molar refractivity (Wildman–Crippen MR) is 71.7 cm³/mol. The molecule has 0 saturated carbocycles. The highest BCUT2D eigenvalue weighted by Crippen LogP contribution is 2.04. The summed E-state index contributed by atoms with van der Waals surface area (Å²) in [5.74, 6) is -1.43. The summed E-state index contributed by atoms with van der Waals surface area (Å²) in [6.45, 7) is 3.56. The van der Waals surface area contributed by atoms with Crippen LogP contribution in [0, 0.1) is 0 Å². The monoisotopic (exact) mass is 281 g/mol. The van der Waals surface area contributed by atoms with Crippen molar-refractivity contribution in [1.29, 1.82) is 0 Å². The van der Waals surface area contributed by atoms with Gasteiger partial charge < -0.3 is 14.7 Å². The molecule has 20 heavy (non-hydrogen) atoms. The molecule has 1 heterocycles. The topological polar surface area (TPSA) is 92.6 Å². The number of nitrogens with zero attached hydrogens (tertiary/aromatic N) is 3. The number of methoxy groups -OCH3 is 1. The highest BCUT2D eigenvalue weighted by Gasteiger charge is 2.17. The van der Waals surface area contributed by atoms with E-state index in [1.165, 1.54) is 6.20 Å². The fourth-order valence-corrected chi connectivity index (χ4v) is 1.58. The molecule has 7 heteroatoms. The SMILES string of the molecule is CCCCN(CCOC)C(=O)c1cnc(C(=O)O)cn1. The Morgan fingerprint density at radius 2 is 1.90 bits per heavy atom. The Balaban J connectivity index is 2.78. The highest BCUT2D eigenvalue weighted by molar-refractivity contribution is 5.92. The van der Waals surface area contributed by atoms with E-state index in [2.05, 4.69) is 9.97 Å². The number of ether oxygens (including phenoxy) is 1. The minimum absolute atomic E-state index is 0.141. The molecule has 0 unspecified atom stereocenters. The van der Waals surface area contributed by atoms with E-state index in [0.29, 0.717) is 19.7 Å². The largest absolute Gasteiger partial charge is 0.476 e. The lowest BCUT2D eigenvalue weighted by Crippen LogP contribution is -2.35. The van der Waals surface area contributed by atoms with Crippen molar-refractivity contribution in [3.63, 3.8) is 0 Å². The third kappa shape index (κ3) is 4.58. The van der Waals surface area contributed by atoms with Crippen LogP contribution in [0.4, 0.5) is 0 Å². The average molecular weight is 281 g/mol. The summed E-state index contributed by atoms with van der Waals surface area (Å²) in [7, 11) is 1.57. The van der Waals surface area contributed by atoms with Crippen LogP contribution in [0.5, 0.6) is 0 Å². The normalized spacial score (nSPS) is 10.3. The minimum atomic E-state index is -1.17. The molecular formula is C13H19N3O4. The van der Waals surface area contributed by atoms with Gasteiger partial charge in [0.15, 0.2) is 5.69 Å². The van der Waals surface area contributed by atoms with Gasteiger partial charge in [-0.1, -0.05) is 13.3 Å². The first-order valence-corrected chi connectivity index (χ1v) is 6.43. The summed E-state index contributed by atoms with van der Waals surface area (Å²) in [6.07, 6.45) is 4.14. The van der Waals surface area contributed by atoms with Gasteiger partial charge in [-0.3, -0.25) is 4.79 Å². The molecule has 0 saturated heterocycles. The number of carboxylic acid groups (broad SMARTS) is 1. The number of hydrogen-bond donors (Lipinski definition) is 1. The number of amides is 1. The molecule has 0 fully saturated rings. The Morgan fingerprint density at radius 3 is 2.40 bits per heavy atom. The van der Waals surface area contributed by atoms with Gasteiger partial charge in [0.25, 0.3) is 5.91 Å². The van der Waals surface area contributed by atoms with Gasteiger partial charge in [0.1, 0.15) is 5.69 Å². The van der Waals surface area contributed by atoms with Crippen LogP contribution < -0.4 is 0 Å². The zero-order valence-corrected chi connectivity index (χ0v) is 11.7. The molecule has 1 rings (SSSR count). The molecule has 1 aromatic rings. The van der Waals surface area contributed by atoms with E-state index in [9.17, 15) is 9.59 Å². The molecular weight excluding hydrogens is 262 g/mol. The van der Waals surface area contributed by atoms with Gasteiger partial charge in [-0.25, -0.2) is 14.8 Å². The third-order valence-corrected chi connectivity index (χ3v) is 2.72. The Kier molecular flexibility index (Phi) is 6.58. The maximum atomic E-state index is 12.3. The lowest BCUT2D eigenvalue weighted by molar-refractivity contribution is 0.0672. The van der Waals surface area contributed by atoms with Crippen LogP contribution in [-0.4, -0.2) is 58.7 Å². The smallest absolute Gasteiger partial charge is 0.356 e. The van der Waals surface area contributed by atoms with Gasteiger partial charge in [-0.05, 0) is 6.42 Å². The lowest BCUT2D eigenvalue weighted by atomic mass is 10.3. The molecule has 0 aliphatic heterocycles. The molecule has 7 nitrogen and oxygen atoms in total. The van der Waals surface area contributed by atoms with Crippen LogP contribution in [0.25, 0.3) is 0 Å². The average Bonchev–Trinajstić information content (AvgIpc) is 2.47. The first-order valence-electron chi connectivity index (χ1n) is 6.43. The van der Waals surface area contributed by atoms with Gasteiger partial charge in [0.05, 0.1) is 19.0 Å². The fraction of sp³-hybridized carbons (Fsp3) is 0.538. The van der Waals surface area contributed by atoms with E-state index in [-0.39, 0.29) is 17.3 Å². The van der Waals surface area contributed by atoms with Crippen molar-refractivity contribution in [1.82, 2.24) is 14.9 Å². The van der Waals surface area contributed by atoms with Crippen LogP contribution in [0.1, 0.15) is 40.7 Å². The highest BCUT2D eigenvalue weighted by atomic mass is 16.5. The number of aromatic carboxylic acids is 1. The van der Waals surface area contributed by atoms with Crippen molar-refractivity contribution >= 4 is 11.9 Å². The van der Waals surface area contributed by atoms with Crippen LogP contribution in [0.2, 0.25) is 0 Å². The Hall–Kier alpha value is -2.02. The zero-order valence-electron chi connectivity index (χ0n) is 11.7. The number of carboxylic acids is 1. The quantitative estimate of drug-likeness (QED) is 0.766. The van der Waals surface area contributed by atoms with Crippen molar-refractivity contribution in [2.45, 2.75) is 19.8 Å². The molecule has 0 aromatic carbocycles. The third-order valence-electron chi connectivity index (χ3n) is 2.72. The number of rotatable bonds is 8. The van der Waals surface area contributed by atoms with Crippen LogP contribution in [0.3, 0.4) is 0 Å². The number of aromatic nitrogens is 2. The second kappa shape index (κ2) is 8.21. The van der Waals surface area contributed by atoms with E-state index >= 15 is 0 Å². The fourth-order valence-electron chi connectivity index (χ4n) is 1.58. The molecule has 0 radical (unpaired) electrons. The van der Waals surface area contributed by atoms with Gasteiger partial charge in [0, 0.05) is 20.2 Å². The molecule has 0 bridgehead atoms. The Bertz CT molecular complexity index is 439. The van der Waals surface area contributed by atoms with E-state index < -0.39 is 5.97 Å². The maximum Gasteiger partial charge on any atom is 0.356 e. The van der Waals surface area contributed by atoms with Crippen molar-refractivity contribution in [3.05, 3.63) is 23.8 Å². The first kappa shape index (κ1) is 16.0. The summed E-state index contributed by atoms with van der Waals surface area (Å²) in [6, 6.07) is 0. The summed E-state index contributed by atoms with van der Waals surface area (Å²) in [5.41, 5.74) is -0.0410. The number of carbonyl (C=O) groups excluding carboxylic acids is 1. The summed E-state index contributed by atoms with van der Waals surface area (Å²) < 4.78 is 4.98. The number of hydrogen-bond acceptors (Lipinski definition) is 5. The number of unbranched alkanes of at least 4 members (excludes halogenated alkanes) is 1. The van der Waals surface area contributed by atoms with Crippen LogP contribution in [-0.2, 0) is 4.74 Å². The van der Waals surface area contributed by atoms with Gasteiger partial charge in [0.2, 0.25) is 0 Å². The molecule has 110 valence electrons. The van der Waals surface area contributed by atoms with E-state index in [1.54, 1.807) is 12.0 Å². The molecule has 1 amide bonds. The van der Waals surface area contributed by atoms with Gasteiger partial charge in [-0.2, -0.15) is 0 Å². The summed E-state index contributed by atoms with van der Waals surface area (Å²) >= 11 is 0. The van der Waals surface area contributed by atoms with Gasteiger partial charge in [-0.15, -0.1) is 0 Å². The second-order valence-corrected chi connectivity index (χ2v) is 4.23. The molecule has 0 aliphatic carbocycles. The summed E-state index contributed by atoms with van der Waals surface area (Å²) in [4.78, 5) is 32.1.